The highest BCUT2D eigenvalue weighted by Gasteiger charge is 2.20. The summed E-state index contributed by atoms with van der Waals surface area (Å²) in [6, 6.07) is 2.05. The number of hydrogen-bond acceptors (Lipinski definition) is 5. The van der Waals surface area contributed by atoms with Gasteiger partial charge in [-0.1, -0.05) is 0 Å². The van der Waals surface area contributed by atoms with Crippen LogP contribution in [0.25, 0.3) is 0 Å². The molecule has 9 heteroatoms. The highest BCUT2D eigenvalue weighted by atomic mass is 79.9. The van der Waals surface area contributed by atoms with Gasteiger partial charge in [-0.15, -0.1) is 0 Å². The van der Waals surface area contributed by atoms with E-state index in [1.165, 1.54) is 17.8 Å². The topological polar surface area (TPSA) is 109 Å². The molecule has 0 fully saturated rings. The van der Waals surface area contributed by atoms with Gasteiger partial charge in [-0.2, -0.15) is 11.8 Å². The van der Waals surface area contributed by atoms with Crippen LogP contribution in [0, 0.1) is 0 Å². The Balaban J connectivity index is 2.42. The molecule has 21 heavy (non-hydrogen) atoms. The Labute approximate surface area is 134 Å². The zero-order chi connectivity index (χ0) is 15.8. The predicted molar refractivity (Wildman–Crippen MR) is 81.3 cm³/mol. The number of halogens is 1. The lowest BCUT2D eigenvalue weighted by Crippen LogP contribution is -2.45. The van der Waals surface area contributed by atoms with E-state index < -0.39 is 23.8 Å². The molecule has 7 nitrogen and oxygen atoms in total. The van der Waals surface area contributed by atoms with Crippen LogP contribution in [0.5, 0.6) is 0 Å². The van der Waals surface area contributed by atoms with Gasteiger partial charge in [0, 0.05) is 0 Å². The second-order valence-corrected chi connectivity index (χ2v) is 5.79. The van der Waals surface area contributed by atoms with Gasteiger partial charge in [0.2, 0.25) is 5.91 Å². The van der Waals surface area contributed by atoms with Crippen LogP contribution >= 0.6 is 27.7 Å². The zero-order valence-electron chi connectivity index (χ0n) is 11.2. The Bertz CT molecular complexity index is 520. The largest absolute Gasteiger partial charge is 0.480 e. The lowest BCUT2D eigenvalue weighted by atomic mass is 10.2. The molecule has 0 spiro atoms. The van der Waals surface area contributed by atoms with Crippen LogP contribution in [-0.4, -0.2) is 47.5 Å². The van der Waals surface area contributed by atoms with Crippen molar-refractivity contribution in [1.29, 1.82) is 0 Å². The van der Waals surface area contributed by atoms with Gasteiger partial charge in [0.1, 0.15) is 6.04 Å². The lowest BCUT2D eigenvalue weighted by molar-refractivity contribution is -0.141. The average Bonchev–Trinajstić information content (AvgIpc) is 2.87. The van der Waals surface area contributed by atoms with Crippen molar-refractivity contribution >= 4 is 45.5 Å². The molecule has 0 unspecified atom stereocenters. The highest BCUT2D eigenvalue weighted by Crippen LogP contribution is 2.13. The normalized spacial score (nSPS) is 11.7. The smallest absolute Gasteiger partial charge is 0.326 e. The number of carboxylic acid groups (broad SMARTS) is 1. The van der Waals surface area contributed by atoms with E-state index in [2.05, 4.69) is 26.6 Å². The molecule has 0 aliphatic heterocycles. The molecule has 1 rings (SSSR count). The van der Waals surface area contributed by atoms with Gasteiger partial charge in [-0.05, 0) is 46.5 Å². The van der Waals surface area contributed by atoms with Gasteiger partial charge in [0.25, 0.3) is 5.91 Å². The van der Waals surface area contributed by atoms with E-state index in [0.29, 0.717) is 16.8 Å². The second kappa shape index (κ2) is 8.73. The molecule has 116 valence electrons. The van der Waals surface area contributed by atoms with Crippen molar-refractivity contribution in [3.63, 3.8) is 0 Å². The fourth-order valence-corrected chi connectivity index (χ4v) is 2.20. The van der Waals surface area contributed by atoms with Gasteiger partial charge in [-0.3, -0.25) is 9.59 Å². The maximum Gasteiger partial charge on any atom is 0.326 e. The fraction of sp³-hybridized carbons (Fsp3) is 0.417. The fourth-order valence-electron chi connectivity index (χ4n) is 1.42. The summed E-state index contributed by atoms with van der Waals surface area (Å²) in [6.07, 6.45) is 2.17. The van der Waals surface area contributed by atoms with E-state index in [4.69, 9.17) is 9.52 Å². The maximum atomic E-state index is 11.6. The molecule has 0 radical (unpaired) electrons. The van der Waals surface area contributed by atoms with Crippen molar-refractivity contribution in [2.75, 3.05) is 18.6 Å². The zero-order valence-corrected chi connectivity index (χ0v) is 13.6. The molecule has 1 aromatic heterocycles. The number of carbonyl (C=O) groups is 3. The summed E-state index contributed by atoms with van der Waals surface area (Å²) in [6.45, 7) is -0.319. The van der Waals surface area contributed by atoms with Crippen molar-refractivity contribution in [1.82, 2.24) is 10.6 Å². The standard InChI is InChI=1S/C12H15BrN2O5S/c1-21-5-4-7(12(18)19)15-10(16)6-14-11(17)8-2-3-9(13)20-8/h2-3,7H,4-6H2,1H3,(H,14,17)(H,15,16)(H,18,19)/t7-/m0/s1. The maximum absolute atomic E-state index is 11.6. The van der Waals surface area contributed by atoms with Crippen molar-refractivity contribution in [2.45, 2.75) is 12.5 Å². The van der Waals surface area contributed by atoms with E-state index in [-0.39, 0.29) is 12.3 Å². The number of hydrogen-bond donors (Lipinski definition) is 3. The van der Waals surface area contributed by atoms with Crippen LogP contribution in [-0.2, 0) is 9.59 Å². The number of carboxylic acids is 1. The lowest BCUT2D eigenvalue weighted by Gasteiger charge is -2.14. The highest BCUT2D eigenvalue weighted by molar-refractivity contribution is 9.10. The minimum Gasteiger partial charge on any atom is -0.480 e. The summed E-state index contributed by atoms with van der Waals surface area (Å²) in [4.78, 5) is 34.2. The minimum atomic E-state index is -1.10. The number of amides is 2. The molecular weight excluding hydrogens is 364 g/mol. The van der Waals surface area contributed by atoms with Crippen LogP contribution in [0.4, 0.5) is 0 Å². The number of furan rings is 1. The van der Waals surface area contributed by atoms with Gasteiger partial charge < -0.3 is 20.2 Å². The van der Waals surface area contributed by atoms with Crippen molar-refractivity contribution in [2.24, 2.45) is 0 Å². The summed E-state index contributed by atoms with van der Waals surface area (Å²) >= 11 is 4.55. The molecule has 0 aromatic carbocycles. The first-order valence-corrected chi connectivity index (χ1v) is 8.17. The van der Waals surface area contributed by atoms with Gasteiger partial charge >= 0.3 is 5.97 Å². The van der Waals surface area contributed by atoms with Crippen LogP contribution in [0.15, 0.2) is 21.2 Å². The molecular formula is C12H15BrN2O5S. The van der Waals surface area contributed by atoms with Crippen LogP contribution in [0.1, 0.15) is 17.0 Å². The van der Waals surface area contributed by atoms with E-state index in [1.807, 2.05) is 6.26 Å². The Morgan fingerprint density at radius 2 is 2.14 bits per heavy atom. The van der Waals surface area contributed by atoms with Crippen molar-refractivity contribution in [3.8, 4) is 0 Å². The van der Waals surface area contributed by atoms with E-state index in [9.17, 15) is 14.4 Å². The molecule has 3 N–H and O–H groups in total. The number of rotatable bonds is 8. The summed E-state index contributed by atoms with van der Waals surface area (Å²) in [5.74, 6) is -1.54. The van der Waals surface area contributed by atoms with E-state index in [0.717, 1.165) is 0 Å². The van der Waals surface area contributed by atoms with Crippen LogP contribution in [0.3, 0.4) is 0 Å². The van der Waals surface area contributed by atoms with Crippen molar-refractivity contribution in [3.05, 3.63) is 22.6 Å². The molecule has 2 amide bonds. The predicted octanol–water partition coefficient (Wildman–Crippen LogP) is 1.09. The quantitative estimate of drug-likeness (QED) is 0.624. The molecule has 0 saturated carbocycles. The van der Waals surface area contributed by atoms with Crippen LogP contribution < -0.4 is 10.6 Å². The van der Waals surface area contributed by atoms with Gasteiger partial charge in [-0.25, -0.2) is 4.79 Å². The number of nitrogens with one attached hydrogen (secondary N) is 2. The van der Waals surface area contributed by atoms with Gasteiger partial charge in [0.15, 0.2) is 10.4 Å². The number of aliphatic carboxylic acids is 1. The van der Waals surface area contributed by atoms with Crippen molar-refractivity contribution < 1.29 is 23.9 Å². The Morgan fingerprint density at radius 3 is 2.67 bits per heavy atom. The Hall–Kier alpha value is -1.48. The summed E-state index contributed by atoms with van der Waals surface area (Å²) in [7, 11) is 0. The molecule has 1 aromatic rings. The van der Waals surface area contributed by atoms with E-state index >= 15 is 0 Å². The third-order valence-corrected chi connectivity index (χ3v) is 3.52. The number of carbonyl (C=O) groups excluding carboxylic acids is 2. The molecule has 0 saturated heterocycles. The first kappa shape index (κ1) is 17.6. The Morgan fingerprint density at radius 1 is 1.43 bits per heavy atom. The Kier molecular flexibility index (Phi) is 7.30. The van der Waals surface area contributed by atoms with E-state index in [1.54, 1.807) is 6.07 Å². The monoisotopic (exact) mass is 378 g/mol. The SMILES string of the molecule is CSCC[C@H](NC(=O)CNC(=O)c1ccc(Br)o1)C(=O)O. The molecule has 0 aliphatic carbocycles. The third kappa shape index (κ3) is 6.21. The summed E-state index contributed by atoms with van der Waals surface area (Å²) < 4.78 is 5.43. The van der Waals surface area contributed by atoms with Crippen LogP contribution in [0.2, 0.25) is 0 Å². The summed E-state index contributed by atoms with van der Waals surface area (Å²) in [5.41, 5.74) is 0. The first-order chi connectivity index (χ1) is 9.93. The molecule has 1 heterocycles. The second-order valence-electron chi connectivity index (χ2n) is 4.03. The van der Waals surface area contributed by atoms with Gasteiger partial charge in [0.05, 0.1) is 6.54 Å². The minimum absolute atomic E-state index is 0.0619. The molecule has 0 bridgehead atoms. The first-order valence-electron chi connectivity index (χ1n) is 5.98. The third-order valence-electron chi connectivity index (χ3n) is 2.45. The average molecular weight is 379 g/mol. The molecule has 0 aliphatic rings. The molecule has 1 atom stereocenters. The summed E-state index contributed by atoms with van der Waals surface area (Å²) in [5, 5.41) is 13.7. The number of thioether (sulfide) groups is 1.